The fraction of sp³-hybridized carbons (Fsp3) is 0.933. The number of nitrogens with two attached hydrogens (primary N) is 1. The number of primary amides is 1. The van der Waals surface area contributed by atoms with Gasteiger partial charge < -0.3 is 10.5 Å². The van der Waals surface area contributed by atoms with Crippen LogP contribution in [0.5, 0.6) is 0 Å². The molecular weight excluding hydrogens is 240 g/mol. The Balaban J connectivity index is 2.37. The highest BCUT2D eigenvalue weighted by Crippen LogP contribution is 2.28. The molecule has 1 rings (SSSR count). The van der Waals surface area contributed by atoms with E-state index in [-0.39, 0.29) is 11.9 Å². The molecule has 0 aromatic carbocycles. The molecule has 0 aromatic heterocycles. The number of nitrogens with one attached hydrogen (secondary N) is 1. The molecule has 0 aliphatic heterocycles. The van der Waals surface area contributed by atoms with Gasteiger partial charge in [-0.1, -0.05) is 19.8 Å². The first-order valence-corrected chi connectivity index (χ1v) is 7.49. The molecule has 19 heavy (non-hydrogen) atoms. The van der Waals surface area contributed by atoms with Crippen molar-refractivity contribution in [3.8, 4) is 0 Å². The van der Waals surface area contributed by atoms with Crippen LogP contribution in [-0.2, 0) is 9.53 Å². The van der Waals surface area contributed by atoms with E-state index in [9.17, 15) is 4.79 Å². The van der Waals surface area contributed by atoms with E-state index in [1.807, 2.05) is 20.8 Å². The summed E-state index contributed by atoms with van der Waals surface area (Å²) in [7, 11) is 0. The fourth-order valence-corrected chi connectivity index (χ4v) is 2.96. The Hall–Kier alpha value is -0.610. The van der Waals surface area contributed by atoms with Crippen LogP contribution in [0.25, 0.3) is 0 Å². The van der Waals surface area contributed by atoms with Crippen LogP contribution in [0.15, 0.2) is 0 Å². The smallest absolute Gasteiger partial charge is 0.239 e. The van der Waals surface area contributed by atoms with E-state index in [0.717, 1.165) is 12.5 Å². The van der Waals surface area contributed by atoms with Gasteiger partial charge in [0.15, 0.2) is 0 Å². The monoisotopic (exact) mass is 270 g/mol. The van der Waals surface area contributed by atoms with Gasteiger partial charge in [-0.25, -0.2) is 0 Å². The van der Waals surface area contributed by atoms with Gasteiger partial charge in [-0.3, -0.25) is 10.1 Å². The lowest BCUT2D eigenvalue weighted by atomic mass is 9.83. The second kappa shape index (κ2) is 7.25. The summed E-state index contributed by atoms with van der Waals surface area (Å²) < 4.78 is 5.79. The van der Waals surface area contributed by atoms with E-state index in [2.05, 4.69) is 12.2 Å². The molecule has 0 bridgehead atoms. The fourth-order valence-electron chi connectivity index (χ4n) is 2.96. The molecule has 0 radical (unpaired) electrons. The minimum absolute atomic E-state index is 0.204. The zero-order valence-corrected chi connectivity index (χ0v) is 12.9. The van der Waals surface area contributed by atoms with Gasteiger partial charge in [0.05, 0.1) is 6.61 Å². The van der Waals surface area contributed by atoms with Gasteiger partial charge in [-0.15, -0.1) is 0 Å². The average molecular weight is 270 g/mol. The number of hydrogen-bond acceptors (Lipinski definition) is 3. The second-order valence-corrected chi connectivity index (χ2v) is 6.65. The number of carbonyl (C=O) groups is 1. The Morgan fingerprint density at radius 2 is 2.16 bits per heavy atom. The van der Waals surface area contributed by atoms with Crippen molar-refractivity contribution in [2.45, 2.75) is 65.0 Å². The van der Waals surface area contributed by atoms with Crippen molar-refractivity contribution in [3.05, 3.63) is 0 Å². The third-order valence-corrected chi connectivity index (χ3v) is 3.94. The third-order valence-electron chi connectivity index (χ3n) is 3.94. The lowest BCUT2D eigenvalue weighted by Gasteiger charge is -2.31. The van der Waals surface area contributed by atoms with Crippen molar-refractivity contribution in [1.29, 1.82) is 0 Å². The molecule has 0 spiro atoms. The Bertz CT molecular complexity index is 294. The SMILES string of the molecule is CC1CCCC(COCC(C)(NC(C)C)C(N)=O)C1. The van der Waals surface area contributed by atoms with E-state index >= 15 is 0 Å². The van der Waals surface area contributed by atoms with E-state index in [1.165, 1.54) is 25.7 Å². The molecule has 3 N–H and O–H groups in total. The maximum absolute atomic E-state index is 11.6. The van der Waals surface area contributed by atoms with Gasteiger partial charge in [-0.2, -0.15) is 0 Å². The van der Waals surface area contributed by atoms with Crippen molar-refractivity contribution >= 4 is 5.91 Å². The van der Waals surface area contributed by atoms with Gasteiger partial charge in [0.1, 0.15) is 5.54 Å². The van der Waals surface area contributed by atoms with E-state index in [0.29, 0.717) is 12.5 Å². The van der Waals surface area contributed by atoms with Crippen LogP contribution < -0.4 is 11.1 Å². The minimum Gasteiger partial charge on any atom is -0.379 e. The predicted molar refractivity (Wildman–Crippen MR) is 77.8 cm³/mol. The third kappa shape index (κ3) is 5.49. The summed E-state index contributed by atoms with van der Waals surface area (Å²) in [6.45, 7) is 9.23. The molecule has 1 aliphatic carbocycles. The topological polar surface area (TPSA) is 64.3 Å². The van der Waals surface area contributed by atoms with Crippen LogP contribution in [-0.4, -0.2) is 30.7 Å². The maximum atomic E-state index is 11.6. The quantitative estimate of drug-likeness (QED) is 0.744. The summed E-state index contributed by atoms with van der Waals surface area (Å²) in [4.78, 5) is 11.6. The van der Waals surface area contributed by atoms with E-state index in [1.54, 1.807) is 0 Å². The van der Waals surface area contributed by atoms with Crippen molar-refractivity contribution < 1.29 is 9.53 Å². The molecule has 3 unspecified atom stereocenters. The van der Waals surface area contributed by atoms with Crippen molar-refractivity contribution in [3.63, 3.8) is 0 Å². The van der Waals surface area contributed by atoms with Gasteiger partial charge in [0.25, 0.3) is 0 Å². The molecule has 1 aliphatic rings. The van der Waals surface area contributed by atoms with Crippen LogP contribution in [0.1, 0.15) is 53.4 Å². The van der Waals surface area contributed by atoms with Crippen molar-refractivity contribution in [2.75, 3.05) is 13.2 Å². The second-order valence-electron chi connectivity index (χ2n) is 6.65. The number of amides is 1. The molecule has 1 amide bonds. The first kappa shape index (κ1) is 16.4. The maximum Gasteiger partial charge on any atom is 0.239 e. The summed E-state index contributed by atoms with van der Waals surface area (Å²) in [5.74, 6) is 1.09. The van der Waals surface area contributed by atoms with Crippen LogP contribution in [0.4, 0.5) is 0 Å². The van der Waals surface area contributed by atoms with Gasteiger partial charge in [-0.05, 0) is 45.4 Å². The highest BCUT2D eigenvalue weighted by molar-refractivity contribution is 5.84. The molecule has 3 atom stereocenters. The molecule has 0 saturated heterocycles. The Kier molecular flexibility index (Phi) is 6.27. The molecule has 1 saturated carbocycles. The zero-order chi connectivity index (χ0) is 14.5. The summed E-state index contributed by atoms with van der Waals surface area (Å²) in [6.07, 6.45) is 5.12. The number of hydrogen-bond donors (Lipinski definition) is 2. The van der Waals surface area contributed by atoms with Crippen LogP contribution in [0.3, 0.4) is 0 Å². The summed E-state index contributed by atoms with van der Waals surface area (Å²) >= 11 is 0. The van der Waals surface area contributed by atoms with Gasteiger partial charge in [0.2, 0.25) is 5.91 Å². The number of rotatable bonds is 7. The normalized spacial score (nSPS) is 27.2. The minimum atomic E-state index is -0.769. The summed E-state index contributed by atoms with van der Waals surface area (Å²) in [5, 5.41) is 3.20. The summed E-state index contributed by atoms with van der Waals surface area (Å²) in [5.41, 5.74) is 4.71. The molecule has 112 valence electrons. The first-order valence-electron chi connectivity index (χ1n) is 7.49. The van der Waals surface area contributed by atoms with Gasteiger partial charge in [0, 0.05) is 12.6 Å². The molecular formula is C15H30N2O2. The standard InChI is InChI=1S/C15H30N2O2/c1-11(2)17-15(4,14(16)18)10-19-9-13-7-5-6-12(3)8-13/h11-13,17H,5-10H2,1-4H3,(H2,16,18). The lowest BCUT2D eigenvalue weighted by Crippen LogP contribution is -2.58. The van der Waals surface area contributed by atoms with Crippen LogP contribution in [0.2, 0.25) is 0 Å². The molecule has 1 fully saturated rings. The predicted octanol–water partition coefficient (Wildman–Crippen LogP) is 2.07. The largest absolute Gasteiger partial charge is 0.379 e. The van der Waals surface area contributed by atoms with Crippen molar-refractivity contribution in [2.24, 2.45) is 17.6 Å². The van der Waals surface area contributed by atoms with Crippen LogP contribution in [0, 0.1) is 11.8 Å². The van der Waals surface area contributed by atoms with E-state index in [4.69, 9.17) is 10.5 Å². The molecule has 4 nitrogen and oxygen atoms in total. The highest BCUT2D eigenvalue weighted by atomic mass is 16.5. The van der Waals surface area contributed by atoms with Gasteiger partial charge >= 0.3 is 0 Å². The number of ether oxygens (including phenoxy) is 1. The Morgan fingerprint density at radius 3 is 2.68 bits per heavy atom. The average Bonchev–Trinajstić information content (AvgIpc) is 2.27. The molecule has 0 aromatic rings. The summed E-state index contributed by atoms with van der Waals surface area (Å²) in [6, 6.07) is 0.204. The Morgan fingerprint density at radius 1 is 1.47 bits per heavy atom. The van der Waals surface area contributed by atoms with E-state index < -0.39 is 5.54 Å². The molecule has 4 heteroatoms. The first-order chi connectivity index (χ1) is 8.83. The van der Waals surface area contributed by atoms with Crippen LogP contribution >= 0.6 is 0 Å². The number of carbonyl (C=O) groups excluding carboxylic acids is 1. The highest BCUT2D eigenvalue weighted by Gasteiger charge is 2.32. The lowest BCUT2D eigenvalue weighted by molar-refractivity contribution is -0.127. The zero-order valence-electron chi connectivity index (χ0n) is 12.9. The Labute approximate surface area is 117 Å². The molecule has 0 heterocycles. The van der Waals surface area contributed by atoms with Crippen molar-refractivity contribution in [1.82, 2.24) is 5.32 Å².